The summed E-state index contributed by atoms with van der Waals surface area (Å²) in [4.78, 5) is 12.6. The van der Waals surface area contributed by atoms with Crippen LogP contribution in [0.2, 0.25) is 0 Å². The molecule has 0 aromatic heterocycles. The Kier molecular flexibility index (Phi) is 5.83. The van der Waals surface area contributed by atoms with E-state index >= 15 is 0 Å². The van der Waals surface area contributed by atoms with Crippen LogP contribution >= 0.6 is 0 Å². The van der Waals surface area contributed by atoms with Crippen LogP contribution in [0, 0.1) is 6.92 Å². The second-order valence-electron chi connectivity index (χ2n) is 8.83. The Balaban J connectivity index is 1.59. The van der Waals surface area contributed by atoms with E-state index in [1.54, 1.807) is 0 Å². The molecule has 2 aliphatic rings. The standard InChI is InChI=1S/C24H28F3N3O/c1-16-13-20(29-23(31)18-6-3-7-19(14-18)24(25,26)27)8-9-22(16)30(12-4-5-17(30)2)21-10-11-28-15-21/h3,6-9,13-14,17,21,28H,4-5,10-12,15H2,1-2H3/p+1. The summed E-state index contributed by atoms with van der Waals surface area (Å²) < 4.78 is 39.9. The zero-order chi connectivity index (χ0) is 22.2. The molecule has 0 bridgehead atoms. The molecule has 2 N–H and O–H groups in total. The van der Waals surface area contributed by atoms with Crippen molar-refractivity contribution in [3.8, 4) is 0 Å². The number of likely N-dealkylation sites (tertiary alicyclic amines) is 1. The molecule has 0 radical (unpaired) electrons. The molecule has 4 nitrogen and oxygen atoms in total. The van der Waals surface area contributed by atoms with Crippen LogP contribution in [0.25, 0.3) is 0 Å². The number of halogens is 3. The summed E-state index contributed by atoms with van der Waals surface area (Å²) in [5.41, 5.74) is 2.15. The second kappa shape index (κ2) is 8.28. The lowest BCUT2D eigenvalue weighted by Gasteiger charge is -2.44. The molecule has 2 heterocycles. The fourth-order valence-electron chi connectivity index (χ4n) is 5.47. The number of hydrogen-bond acceptors (Lipinski definition) is 2. The maximum Gasteiger partial charge on any atom is 0.416 e. The van der Waals surface area contributed by atoms with Crippen LogP contribution in [-0.2, 0) is 6.18 Å². The van der Waals surface area contributed by atoms with E-state index in [-0.39, 0.29) is 5.56 Å². The number of nitrogens with zero attached hydrogens (tertiary/aromatic N) is 1. The lowest BCUT2D eigenvalue weighted by molar-refractivity contribution is -0.137. The summed E-state index contributed by atoms with van der Waals surface area (Å²) in [6.07, 6.45) is -0.930. The van der Waals surface area contributed by atoms with E-state index in [1.165, 1.54) is 30.7 Å². The van der Waals surface area contributed by atoms with Crippen molar-refractivity contribution in [3.63, 3.8) is 0 Å². The number of amides is 1. The average molecular weight is 433 g/mol. The molecular formula is C24H29F3N3O+. The van der Waals surface area contributed by atoms with Crippen molar-refractivity contribution in [1.29, 1.82) is 0 Å². The van der Waals surface area contributed by atoms with Crippen LogP contribution in [0.15, 0.2) is 42.5 Å². The number of alkyl halides is 3. The van der Waals surface area contributed by atoms with Gasteiger partial charge in [-0.25, -0.2) is 0 Å². The smallest absolute Gasteiger partial charge is 0.322 e. The minimum atomic E-state index is -4.48. The van der Waals surface area contributed by atoms with Crippen molar-refractivity contribution in [2.75, 3.05) is 25.0 Å². The highest BCUT2D eigenvalue weighted by molar-refractivity contribution is 6.04. The van der Waals surface area contributed by atoms with Gasteiger partial charge < -0.3 is 10.6 Å². The molecule has 2 fully saturated rings. The van der Waals surface area contributed by atoms with E-state index in [1.807, 2.05) is 12.1 Å². The number of nitrogens with one attached hydrogen (secondary N) is 2. The Labute approximate surface area is 181 Å². The maximum atomic E-state index is 13.0. The number of carbonyl (C=O) groups is 1. The Morgan fingerprint density at radius 1 is 1.16 bits per heavy atom. The first kappa shape index (κ1) is 21.8. The third kappa shape index (κ3) is 4.08. The lowest BCUT2D eigenvalue weighted by Crippen LogP contribution is -2.60. The largest absolute Gasteiger partial charge is 0.416 e. The van der Waals surface area contributed by atoms with Crippen molar-refractivity contribution in [1.82, 2.24) is 9.80 Å². The molecule has 4 rings (SSSR count). The molecule has 0 spiro atoms. The van der Waals surface area contributed by atoms with E-state index in [0.29, 0.717) is 17.8 Å². The summed E-state index contributed by atoms with van der Waals surface area (Å²) >= 11 is 0. The Morgan fingerprint density at radius 3 is 2.58 bits per heavy atom. The molecule has 166 valence electrons. The molecule has 2 aromatic carbocycles. The maximum absolute atomic E-state index is 13.0. The Morgan fingerprint density at radius 2 is 1.97 bits per heavy atom. The molecule has 1 amide bonds. The third-order valence-electron chi connectivity index (χ3n) is 6.98. The van der Waals surface area contributed by atoms with Crippen molar-refractivity contribution >= 4 is 17.3 Å². The summed E-state index contributed by atoms with van der Waals surface area (Å²) in [6, 6.07) is 11.5. The van der Waals surface area contributed by atoms with E-state index in [4.69, 9.17) is 0 Å². The van der Waals surface area contributed by atoms with Gasteiger partial charge in [-0.15, -0.1) is 0 Å². The topological polar surface area (TPSA) is 41.1 Å². The summed E-state index contributed by atoms with van der Waals surface area (Å²) in [5.74, 6) is -0.545. The highest BCUT2D eigenvalue weighted by atomic mass is 19.4. The zero-order valence-corrected chi connectivity index (χ0v) is 17.9. The summed E-state index contributed by atoms with van der Waals surface area (Å²) in [5, 5.41) is 6.27. The third-order valence-corrected chi connectivity index (χ3v) is 6.98. The normalized spacial score (nSPS) is 26.2. The van der Waals surface area contributed by atoms with Crippen LogP contribution in [0.4, 0.5) is 24.5 Å². The lowest BCUT2D eigenvalue weighted by atomic mass is 10.0. The van der Waals surface area contributed by atoms with Crippen LogP contribution in [0.1, 0.15) is 47.7 Å². The first-order chi connectivity index (χ1) is 14.7. The molecule has 0 aliphatic carbocycles. The van der Waals surface area contributed by atoms with Crippen molar-refractivity contribution in [2.24, 2.45) is 0 Å². The van der Waals surface area contributed by atoms with Crippen molar-refractivity contribution in [3.05, 3.63) is 59.2 Å². The molecule has 31 heavy (non-hydrogen) atoms. The summed E-state index contributed by atoms with van der Waals surface area (Å²) in [6.45, 7) is 7.56. The van der Waals surface area contributed by atoms with E-state index in [9.17, 15) is 18.0 Å². The number of anilines is 1. The molecule has 2 aromatic rings. The molecule has 3 atom stereocenters. The van der Waals surface area contributed by atoms with Gasteiger partial charge in [-0.3, -0.25) is 9.28 Å². The monoisotopic (exact) mass is 432 g/mol. The van der Waals surface area contributed by atoms with Gasteiger partial charge in [0.2, 0.25) is 0 Å². The van der Waals surface area contributed by atoms with Gasteiger partial charge in [-0.2, -0.15) is 13.2 Å². The molecule has 2 saturated heterocycles. The minimum absolute atomic E-state index is 0.00903. The first-order valence-corrected chi connectivity index (χ1v) is 10.9. The predicted octanol–water partition coefficient (Wildman–Crippen LogP) is 5.12. The highest BCUT2D eigenvalue weighted by Crippen LogP contribution is 2.41. The number of rotatable bonds is 4. The molecule has 2 aliphatic heterocycles. The number of aryl methyl sites for hydroxylation is 1. The van der Waals surface area contributed by atoms with Crippen LogP contribution < -0.4 is 15.1 Å². The fraction of sp³-hybridized carbons (Fsp3) is 0.458. The van der Waals surface area contributed by atoms with Gasteiger partial charge in [0.1, 0.15) is 11.7 Å². The number of hydrogen-bond donors (Lipinski definition) is 2. The van der Waals surface area contributed by atoms with Gasteiger partial charge in [-0.1, -0.05) is 6.07 Å². The van der Waals surface area contributed by atoms with Crippen molar-refractivity contribution < 1.29 is 18.0 Å². The average Bonchev–Trinajstić information content (AvgIpc) is 3.38. The molecule has 3 unspecified atom stereocenters. The molecular weight excluding hydrogens is 403 g/mol. The highest BCUT2D eigenvalue weighted by Gasteiger charge is 2.48. The van der Waals surface area contributed by atoms with Crippen LogP contribution in [-0.4, -0.2) is 37.6 Å². The Bertz CT molecular complexity index is 969. The quantitative estimate of drug-likeness (QED) is 0.659. The SMILES string of the molecule is Cc1cc(NC(=O)c2cccc(C(F)(F)F)c2)ccc1[N+]1(C2CCNC2)CCCC1C. The number of benzene rings is 2. The Hall–Kier alpha value is -2.38. The van der Waals surface area contributed by atoms with Crippen molar-refractivity contribution in [2.45, 2.75) is 51.4 Å². The van der Waals surface area contributed by atoms with E-state index in [0.717, 1.165) is 48.2 Å². The van der Waals surface area contributed by atoms with Gasteiger partial charge in [-0.05, 0) is 44.2 Å². The van der Waals surface area contributed by atoms with Gasteiger partial charge in [0.15, 0.2) is 0 Å². The molecule has 0 saturated carbocycles. The van der Waals surface area contributed by atoms with E-state index in [2.05, 4.69) is 30.5 Å². The first-order valence-electron chi connectivity index (χ1n) is 10.9. The van der Waals surface area contributed by atoms with Crippen LogP contribution in [0.5, 0.6) is 0 Å². The van der Waals surface area contributed by atoms with E-state index < -0.39 is 17.6 Å². The fourth-order valence-corrected chi connectivity index (χ4v) is 5.47. The minimum Gasteiger partial charge on any atom is -0.322 e. The van der Waals surface area contributed by atoms with Gasteiger partial charge >= 0.3 is 6.18 Å². The van der Waals surface area contributed by atoms with Gasteiger partial charge in [0.05, 0.1) is 18.2 Å². The summed E-state index contributed by atoms with van der Waals surface area (Å²) in [7, 11) is 0. The van der Waals surface area contributed by atoms with Gasteiger partial charge in [0.25, 0.3) is 5.91 Å². The number of carbonyl (C=O) groups excluding carboxylic acids is 1. The zero-order valence-electron chi connectivity index (χ0n) is 17.9. The van der Waals surface area contributed by atoms with Gasteiger partial charge in [0, 0.05) is 55.2 Å². The molecule has 7 heteroatoms. The number of quaternary nitrogens is 1. The second-order valence-corrected chi connectivity index (χ2v) is 8.83. The predicted molar refractivity (Wildman–Crippen MR) is 117 cm³/mol. The van der Waals surface area contributed by atoms with Crippen LogP contribution in [0.3, 0.4) is 0 Å².